The quantitative estimate of drug-likeness (QED) is 0.568. The van der Waals surface area contributed by atoms with Crippen LogP contribution in [0.2, 0.25) is 0 Å². The van der Waals surface area contributed by atoms with Gasteiger partial charge in [0, 0.05) is 30.3 Å². The molecular weight excluding hydrogens is 247 g/mol. The summed E-state index contributed by atoms with van der Waals surface area (Å²) in [5, 5.41) is 0. The second-order valence-corrected chi connectivity index (χ2v) is 1.33. The molecule has 0 saturated heterocycles. The van der Waals surface area contributed by atoms with Crippen LogP contribution in [0.3, 0.4) is 0 Å². The van der Waals surface area contributed by atoms with Gasteiger partial charge in [-0.2, -0.15) is 0 Å². The van der Waals surface area contributed by atoms with Crippen molar-refractivity contribution in [2.24, 2.45) is 0 Å². The maximum atomic E-state index is 10.2. The van der Waals surface area contributed by atoms with Crippen LogP contribution in [0.5, 0.6) is 0 Å². The van der Waals surface area contributed by atoms with E-state index < -0.39 is 0 Å². The average molecular weight is 269 g/mol. The Labute approximate surface area is 88.7 Å². The topological polar surface area (TPSA) is 26.3 Å². The monoisotopic (exact) mass is 270 g/mol. The molecule has 0 aromatic carbocycles. The van der Waals surface area contributed by atoms with Crippen molar-refractivity contribution >= 4 is 29.9 Å². The molecule has 0 aliphatic carbocycles. The zero-order valence-corrected chi connectivity index (χ0v) is 8.08. The number of ether oxygens (including phenoxy) is 1. The number of hydrogen-bond donors (Lipinski definition) is 0. The van der Waals surface area contributed by atoms with Gasteiger partial charge in [0.15, 0.2) is 0 Å². The Hall–Kier alpha value is 0.269. The van der Waals surface area contributed by atoms with Gasteiger partial charge in [-0.25, -0.2) is 0 Å². The van der Waals surface area contributed by atoms with E-state index in [4.69, 9.17) is 0 Å². The molecule has 0 fully saturated rings. The number of rotatable bonds is 2. The van der Waals surface area contributed by atoms with Gasteiger partial charge in [0.05, 0.1) is 7.11 Å². The predicted octanol–water partition coefficient (Wildman–Crippen LogP) is 2.49. The molecule has 0 aliphatic rings. The molecule has 3 heteroatoms. The summed E-state index contributed by atoms with van der Waals surface area (Å²) >= 11 is 0. The molecule has 0 aromatic rings. The molecule has 0 spiro atoms. The maximum Gasteiger partial charge on any atom is 0.305 e. The minimum atomic E-state index is -0.123. The molecule has 4 radical (unpaired) electrons. The Kier molecular flexibility index (Phi) is 61.7. The smallest absolute Gasteiger partial charge is 0.305 e. The van der Waals surface area contributed by atoms with Crippen LogP contribution < -0.4 is 0 Å². The molecule has 0 saturated carbocycles. The van der Waals surface area contributed by atoms with Gasteiger partial charge in [0.1, 0.15) is 0 Å². The van der Waals surface area contributed by atoms with Gasteiger partial charge in [-0.1, -0.05) is 29.2 Å². The molecule has 0 amide bonds. The van der Waals surface area contributed by atoms with Gasteiger partial charge in [-0.3, -0.25) is 4.79 Å². The first-order valence-electron chi connectivity index (χ1n) is 2.38. The van der Waals surface area contributed by atoms with Crippen LogP contribution in [-0.2, 0) is 9.53 Å². The number of methoxy groups -OCH3 is 1. The van der Waals surface area contributed by atoms with E-state index in [1.807, 2.05) is 6.92 Å². The van der Waals surface area contributed by atoms with Crippen LogP contribution >= 0.6 is 0 Å². The van der Waals surface area contributed by atoms with Crippen molar-refractivity contribution in [3.05, 3.63) is 0 Å². The minimum absolute atomic E-state index is 0. The van der Waals surface area contributed by atoms with E-state index in [2.05, 4.69) is 4.74 Å². The second kappa shape index (κ2) is 22.4. The SMILES string of the molecule is C.C.C.CCCC(=O)OC.[Sn]. The van der Waals surface area contributed by atoms with Crippen molar-refractivity contribution in [2.75, 3.05) is 7.11 Å². The van der Waals surface area contributed by atoms with Crippen molar-refractivity contribution in [1.29, 1.82) is 0 Å². The van der Waals surface area contributed by atoms with E-state index in [1.165, 1.54) is 7.11 Å². The molecule has 0 aliphatic heterocycles. The fourth-order valence-corrected chi connectivity index (χ4v) is 0.306. The Morgan fingerprint density at radius 2 is 1.64 bits per heavy atom. The van der Waals surface area contributed by atoms with Crippen LogP contribution in [0.15, 0.2) is 0 Å². The fraction of sp³-hybridized carbons (Fsp3) is 0.875. The first kappa shape index (κ1) is 30.2. The molecule has 70 valence electrons. The van der Waals surface area contributed by atoms with Crippen molar-refractivity contribution < 1.29 is 9.53 Å². The fourth-order valence-electron chi connectivity index (χ4n) is 0.306. The molecule has 0 unspecified atom stereocenters. The molecule has 2 nitrogen and oxygen atoms in total. The van der Waals surface area contributed by atoms with Crippen molar-refractivity contribution in [2.45, 2.75) is 42.0 Å². The number of esters is 1. The van der Waals surface area contributed by atoms with E-state index in [0.29, 0.717) is 6.42 Å². The molecular formula is C8H22O2Sn. The summed E-state index contributed by atoms with van der Waals surface area (Å²) in [7, 11) is 1.40. The maximum absolute atomic E-state index is 10.2. The summed E-state index contributed by atoms with van der Waals surface area (Å²) in [6.45, 7) is 1.94. The summed E-state index contributed by atoms with van der Waals surface area (Å²) < 4.78 is 4.35. The largest absolute Gasteiger partial charge is 0.469 e. The Morgan fingerprint density at radius 3 is 1.73 bits per heavy atom. The van der Waals surface area contributed by atoms with Crippen LogP contribution in [0, 0.1) is 0 Å². The first-order chi connectivity index (χ1) is 3.31. The van der Waals surface area contributed by atoms with Gasteiger partial charge in [-0.15, -0.1) is 0 Å². The van der Waals surface area contributed by atoms with Gasteiger partial charge in [-0.05, 0) is 6.42 Å². The average Bonchev–Trinajstić information content (AvgIpc) is 1.68. The van der Waals surface area contributed by atoms with Crippen molar-refractivity contribution in [3.63, 3.8) is 0 Å². The van der Waals surface area contributed by atoms with Crippen molar-refractivity contribution in [1.82, 2.24) is 0 Å². The second-order valence-electron chi connectivity index (χ2n) is 1.33. The molecule has 0 N–H and O–H groups in total. The normalized spacial score (nSPS) is 5.27. The summed E-state index contributed by atoms with van der Waals surface area (Å²) in [6, 6.07) is 0. The molecule has 0 heterocycles. The Morgan fingerprint density at radius 1 is 1.27 bits per heavy atom. The molecule has 0 bridgehead atoms. The van der Waals surface area contributed by atoms with Gasteiger partial charge in [0.2, 0.25) is 0 Å². The van der Waals surface area contributed by atoms with Gasteiger partial charge >= 0.3 is 5.97 Å². The third-order valence-electron chi connectivity index (χ3n) is 0.682. The Bertz CT molecular complexity index is 65.1. The standard InChI is InChI=1S/C5H10O2.3CH4.Sn/c1-3-4-5(6)7-2;;;;/h3-4H2,1-2H3;3*1H4;. The van der Waals surface area contributed by atoms with Crippen LogP contribution in [-0.4, -0.2) is 37.0 Å². The molecule has 0 atom stereocenters. The van der Waals surface area contributed by atoms with Crippen LogP contribution in [0.4, 0.5) is 0 Å². The van der Waals surface area contributed by atoms with E-state index in [0.717, 1.165) is 6.42 Å². The first-order valence-corrected chi connectivity index (χ1v) is 2.38. The summed E-state index contributed by atoms with van der Waals surface area (Å²) in [5.74, 6) is -0.123. The molecule has 0 aromatic heterocycles. The zero-order chi connectivity index (χ0) is 5.70. The summed E-state index contributed by atoms with van der Waals surface area (Å²) in [6.07, 6.45) is 1.41. The van der Waals surface area contributed by atoms with E-state index in [9.17, 15) is 4.79 Å². The molecule has 0 rings (SSSR count). The van der Waals surface area contributed by atoms with Gasteiger partial charge < -0.3 is 4.74 Å². The van der Waals surface area contributed by atoms with E-state index in [1.54, 1.807) is 0 Å². The summed E-state index contributed by atoms with van der Waals surface area (Å²) in [4.78, 5) is 10.2. The third-order valence-corrected chi connectivity index (χ3v) is 0.682. The van der Waals surface area contributed by atoms with Gasteiger partial charge in [0.25, 0.3) is 0 Å². The van der Waals surface area contributed by atoms with E-state index >= 15 is 0 Å². The van der Waals surface area contributed by atoms with Crippen LogP contribution in [0.25, 0.3) is 0 Å². The number of hydrogen-bond acceptors (Lipinski definition) is 2. The van der Waals surface area contributed by atoms with Crippen LogP contribution in [0.1, 0.15) is 42.0 Å². The molecule has 11 heavy (non-hydrogen) atoms. The summed E-state index contributed by atoms with van der Waals surface area (Å²) in [5.41, 5.74) is 0. The predicted molar refractivity (Wildman–Crippen MR) is 52.9 cm³/mol. The Balaban J connectivity index is -0.0000000300. The third kappa shape index (κ3) is 25.3. The zero-order valence-electron chi connectivity index (χ0n) is 5.23. The van der Waals surface area contributed by atoms with E-state index in [-0.39, 0.29) is 52.2 Å². The number of carbonyl (C=O) groups is 1. The minimum Gasteiger partial charge on any atom is -0.469 e. The van der Waals surface area contributed by atoms with Crippen molar-refractivity contribution in [3.8, 4) is 0 Å². The number of carbonyl (C=O) groups excluding carboxylic acids is 1.